The standard InChI is InChI=1S/C17H21N3O2/c1-12-6-5-7-13(2)20(12)16(21)11-19-17(22)15-9-4-3-8-14(15)10-18-19/h3-4,8-10,12-13H,5-7,11H2,1-2H3/t12-,13-/m0/s1. The number of hydrogen-bond donors (Lipinski definition) is 0. The average Bonchev–Trinajstić information content (AvgIpc) is 2.50. The molecular formula is C17H21N3O2. The topological polar surface area (TPSA) is 55.2 Å². The Labute approximate surface area is 129 Å². The molecule has 0 radical (unpaired) electrons. The maximum Gasteiger partial charge on any atom is 0.275 e. The highest BCUT2D eigenvalue weighted by atomic mass is 16.2. The summed E-state index contributed by atoms with van der Waals surface area (Å²) in [5, 5.41) is 5.55. The van der Waals surface area contributed by atoms with Crippen LogP contribution < -0.4 is 5.56 Å². The molecule has 1 fully saturated rings. The molecule has 2 aromatic rings. The Morgan fingerprint density at radius 1 is 1.23 bits per heavy atom. The molecule has 0 aliphatic carbocycles. The lowest BCUT2D eigenvalue weighted by Crippen LogP contribution is -2.49. The highest BCUT2D eigenvalue weighted by Gasteiger charge is 2.29. The minimum Gasteiger partial charge on any atom is -0.336 e. The molecule has 0 unspecified atom stereocenters. The first-order valence-corrected chi connectivity index (χ1v) is 7.84. The SMILES string of the molecule is C[C@H]1CCC[C@H](C)N1C(=O)Cn1ncc2ccccc2c1=O. The summed E-state index contributed by atoms with van der Waals surface area (Å²) in [5.74, 6) is -0.0235. The van der Waals surface area contributed by atoms with Gasteiger partial charge in [-0.2, -0.15) is 5.10 Å². The first-order valence-electron chi connectivity index (χ1n) is 7.84. The average molecular weight is 299 g/mol. The van der Waals surface area contributed by atoms with E-state index in [4.69, 9.17) is 0 Å². The van der Waals surface area contributed by atoms with Gasteiger partial charge in [0, 0.05) is 17.5 Å². The number of benzene rings is 1. The number of piperidine rings is 1. The van der Waals surface area contributed by atoms with Gasteiger partial charge in [0.1, 0.15) is 6.54 Å². The van der Waals surface area contributed by atoms with Crippen LogP contribution in [0.5, 0.6) is 0 Å². The van der Waals surface area contributed by atoms with Crippen LogP contribution in [0, 0.1) is 0 Å². The van der Waals surface area contributed by atoms with Gasteiger partial charge in [0.2, 0.25) is 5.91 Å². The first kappa shape index (κ1) is 14.8. The van der Waals surface area contributed by atoms with E-state index in [1.165, 1.54) is 4.68 Å². The number of hydrogen-bond acceptors (Lipinski definition) is 3. The normalized spacial score (nSPS) is 22.0. The molecule has 5 nitrogen and oxygen atoms in total. The van der Waals surface area contributed by atoms with E-state index in [0.717, 1.165) is 24.6 Å². The molecule has 5 heteroatoms. The zero-order valence-electron chi connectivity index (χ0n) is 13.0. The Bertz CT molecular complexity index is 743. The second kappa shape index (κ2) is 5.91. The minimum absolute atomic E-state index is 0.0122. The number of rotatable bonds is 2. The molecule has 1 saturated heterocycles. The Balaban J connectivity index is 1.88. The maximum absolute atomic E-state index is 12.6. The fourth-order valence-corrected chi connectivity index (χ4v) is 3.36. The van der Waals surface area contributed by atoms with Crippen molar-refractivity contribution in [3.63, 3.8) is 0 Å². The second-order valence-electron chi connectivity index (χ2n) is 6.12. The molecular weight excluding hydrogens is 278 g/mol. The van der Waals surface area contributed by atoms with Crippen molar-refractivity contribution >= 4 is 16.7 Å². The maximum atomic E-state index is 12.6. The monoisotopic (exact) mass is 299 g/mol. The fourth-order valence-electron chi connectivity index (χ4n) is 3.36. The van der Waals surface area contributed by atoms with Gasteiger partial charge in [-0.1, -0.05) is 18.2 Å². The van der Waals surface area contributed by atoms with Crippen LogP contribution in [0.15, 0.2) is 35.3 Å². The predicted octanol–water partition coefficient (Wildman–Crippen LogP) is 2.19. The van der Waals surface area contributed by atoms with E-state index < -0.39 is 0 Å². The van der Waals surface area contributed by atoms with E-state index in [9.17, 15) is 9.59 Å². The summed E-state index contributed by atoms with van der Waals surface area (Å²) in [7, 11) is 0. The van der Waals surface area contributed by atoms with Crippen LogP contribution in [-0.2, 0) is 11.3 Å². The summed E-state index contributed by atoms with van der Waals surface area (Å²) in [6.45, 7) is 4.16. The van der Waals surface area contributed by atoms with Gasteiger partial charge in [0.05, 0.1) is 11.6 Å². The number of carbonyl (C=O) groups excluding carboxylic acids is 1. The molecule has 1 aromatic carbocycles. The van der Waals surface area contributed by atoms with E-state index in [1.807, 2.05) is 23.1 Å². The summed E-state index contributed by atoms with van der Waals surface area (Å²) in [6, 6.07) is 7.78. The quantitative estimate of drug-likeness (QED) is 0.854. The van der Waals surface area contributed by atoms with Crippen molar-refractivity contribution in [1.29, 1.82) is 0 Å². The van der Waals surface area contributed by atoms with Crippen molar-refractivity contribution in [2.45, 2.75) is 51.7 Å². The summed E-state index contributed by atoms with van der Waals surface area (Å²) in [4.78, 5) is 27.0. The van der Waals surface area contributed by atoms with Crippen LogP contribution in [0.2, 0.25) is 0 Å². The Morgan fingerprint density at radius 2 is 1.91 bits per heavy atom. The summed E-state index contributed by atoms with van der Waals surface area (Å²) < 4.78 is 1.28. The summed E-state index contributed by atoms with van der Waals surface area (Å²) in [6.07, 6.45) is 4.85. The molecule has 2 heterocycles. The lowest BCUT2D eigenvalue weighted by molar-refractivity contribution is -0.138. The third-order valence-corrected chi connectivity index (χ3v) is 4.53. The van der Waals surface area contributed by atoms with Crippen molar-refractivity contribution in [2.75, 3.05) is 0 Å². The van der Waals surface area contributed by atoms with E-state index in [-0.39, 0.29) is 30.1 Å². The van der Waals surface area contributed by atoms with Crippen LogP contribution in [0.25, 0.3) is 10.8 Å². The third kappa shape index (κ3) is 2.63. The van der Waals surface area contributed by atoms with Gasteiger partial charge < -0.3 is 4.90 Å². The minimum atomic E-state index is -0.205. The second-order valence-corrected chi connectivity index (χ2v) is 6.12. The molecule has 0 bridgehead atoms. The highest BCUT2D eigenvalue weighted by Crippen LogP contribution is 2.22. The van der Waals surface area contributed by atoms with Crippen LogP contribution in [-0.4, -0.2) is 32.7 Å². The van der Waals surface area contributed by atoms with E-state index in [1.54, 1.807) is 12.3 Å². The fraction of sp³-hybridized carbons (Fsp3) is 0.471. The zero-order valence-corrected chi connectivity index (χ0v) is 13.0. The van der Waals surface area contributed by atoms with Gasteiger partial charge in [0.25, 0.3) is 5.56 Å². The van der Waals surface area contributed by atoms with E-state index >= 15 is 0 Å². The molecule has 0 N–H and O–H groups in total. The highest BCUT2D eigenvalue weighted by molar-refractivity contribution is 5.81. The van der Waals surface area contributed by atoms with Crippen molar-refractivity contribution in [3.8, 4) is 0 Å². The zero-order chi connectivity index (χ0) is 15.7. The van der Waals surface area contributed by atoms with E-state index in [0.29, 0.717) is 5.39 Å². The van der Waals surface area contributed by atoms with Crippen molar-refractivity contribution < 1.29 is 4.79 Å². The van der Waals surface area contributed by atoms with Gasteiger partial charge in [-0.3, -0.25) is 9.59 Å². The molecule has 1 aliphatic rings. The molecule has 0 spiro atoms. The molecule has 22 heavy (non-hydrogen) atoms. The van der Waals surface area contributed by atoms with Crippen LogP contribution in [0.3, 0.4) is 0 Å². The molecule has 2 atom stereocenters. The number of fused-ring (bicyclic) bond motifs is 1. The smallest absolute Gasteiger partial charge is 0.275 e. The first-order chi connectivity index (χ1) is 10.6. The van der Waals surface area contributed by atoms with Crippen molar-refractivity contribution in [1.82, 2.24) is 14.7 Å². The van der Waals surface area contributed by atoms with Gasteiger partial charge >= 0.3 is 0 Å². The number of likely N-dealkylation sites (tertiary alicyclic amines) is 1. The molecule has 0 saturated carbocycles. The number of amides is 1. The van der Waals surface area contributed by atoms with Crippen LogP contribution >= 0.6 is 0 Å². The van der Waals surface area contributed by atoms with Gasteiger partial charge in [0.15, 0.2) is 0 Å². The van der Waals surface area contributed by atoms with E-state index in [2.05, 4.69) is 18.9 Å². The van der Waals surface area contributed by atoms with Crippen molar-refractivity contribution in [3.05, 3.63) is 40.8 Å². The Kier molecular flexibility index (Phi) is 3.96. The molecule has 3 rings (SSSR count). The van der Waals surface area contributed by atoms with Gasteiger partial charge in [-0.05, 0) is 39.2 Å². The van der Waals surface area contributed by atoms with Crippen molar-refractivity contribution in [2.24, 2.45) is 0 Å². The van der Waals surface area contributed by atoms with Crippen LogP contribution in [0.1, 0.15) is 33.1 Å². The Morgan fingerprint density at radius 3 is 2.64 bits per heavy atom. The molecule has 1 aromatic heterocycles. The summed E-state index contributed by atoms with van der Waals surface area (Å²) >= 11 is 0. The largest absolute Gasteiger partial charge is 0.336 e. The van der Waals surface area contributed by atoms with Gasteiger partial charge in [-0.15, -0.1) is 0 Å². The lowest BCUT2D eigenvalue weighted by Gasteiger charge is -2.39. The third-order valence-electron chi connectivity index (χ3n) is 4.53. The molecule has 116 valence electrons. The number of nitrogens with zero attached hydrogens (tertiary/aromatic N) is 3. The summed E-state index contributed by atoms with van der Waals surface area (Å²) in [5.41, 5.74) is -0.205. The lowest BCUT2D eigenvalue weighted by atomic mass is 9.97. The Hall–Kier alpha value is -2.17. The number of carbonyl (C=O) groups is 1. The number of aromatic nitrogens is 2. The predicted molar refractivity (Wildman–Crippen MR) is 85.6 cm³/mol. The molecule has 1 amide bonds. The van der Waals surface area contributed by atoms with Crippen LogP contribution in [0.4, 0.5) is 0 Å². The molecule has 1 aliphatic heterocycles. The van der Waals surface area contributed by atoms with Gasteiger partial charge in [-0.25, -0.2) is 4.68 Å².